The van der Waals surface area contributed by atoms with Crippen LogP contribution in [0.2, 0.25) is 0 Å². The number of halogens is 1. The SMILES string of the molecule is CCCCS(=O)(=O)NC(Cc1ccc(Br)cc1)C(=O)OCCC. The predicted molar refractivity (Wildman–Crippen MR) is 94.7 cm³/mol. The normalized spacial score (nSPS) is 12.8. The molecule has 0 saturated heterocycles. The lowest BCUT2D eigenvalue weighted by atomic mass is 10.1. The van der Waals surface area contributed by atoms with E-state index in [1.165, 1.54) is 0 Å². The number of ether oxygens (including phenoxy) is 1. The van der Waals surface area contributed by atoms with Crippen LogP contribution in [0.5, 0.6) is 0 Å². The van der Waals surface area contributed by atoms with Gasteiger partial charge in [-0.1, -0.05) is 48.3 Å². The van der Waals surface area contributed by atoms with Crippen LogP contribution >= 0.6 is 15.9 Å². The highest BCUT2D eigenvalue weighted by Gasteiger charge is 2.25. The lowest BCUT2D eigenvalue weighted by Crippen LogP contribution is -2.44. The number of carbonyl (C=O) groups excluding carboxylic acids is 1. The van der Waals surface area contributed by atoms with Gasteiger partial charge in [-0.2, -0.15) is 0 Å². The summed E-state index contributed by atoms with van der Waals surface area (Å²) in [5, 5.41) is 0. The van der Waals surface area contributed by atoms with Crippen LogP contribution in [-0.2, 0) is 26.0 Å². The third-order valence-electron chi connectivity index (χ3n) is 3.17. The van der Waals surface area contributed by atoms with Gasteiger partial charge in [0.05, 0.1) is 12.4 Å². The summed E-state index contributed by atoms with van der Waals surface area (Å²) in [6, 6.07) is 6.52. The first-order valence-corrected chi connectivity index (χ1v) is 10.2. The number of hydrogen-bond acceptors (Lipinski definition) is 4. The van der Waals surface area contributed by atoms with Crippen LogP contribution in [0.4, 0.5) is 0 Å². The van der Waals surface area contributed by atoms with E-state index < -0.39 is 22.0 Å². The minimum Gasteiger partial charge on any atom is -0.465 e. The molecule has 130 valence electrons. The molecule has 1 rings (SSSR count). The van der Waals surface area contributed by atoms with Crippen molar-refractivity contribution >= 4 is 31.9 Å². The lowest BCUT2D eigenvalue weighted by Gasteiger charge is -2.18. The standard InChI is InChI=1S/C16H24BrNO4S/c1-3-5-11-23(20,21)18-15(16(19)22-10-4-2)12-13-6-8-14(17)9-7-13/h6-9,15,18H,3-5,10-12H2,1-2H3. The second-order valence-corrected chi connectivity index (χ2v) is 8.13. The van der Waals surface area contributed by atoms with Crippen molar-refractivity contribution in [2.75, 3.05) is 12.4 Å². The average Bonchev–Trinajstić information content (AvgIpc) is 2.52. The Morgan fingerprint density at radius 3 is 2.43 bits per heavy atom. The Morgan fingerprint density at radius 1 is 1.22 bits per heavy atom. The molecule has 0 radical (unpaired) electrons. The highest BCUT2D eigenvalue weighted by atomic mass is 79.9. The number of unbranched alkanes of at least 4 members (excludes halogenated alkanes) is 1. The van der Waals surface area contributed by atoms with Crippen molar-refractivity contribution in [2.24, 2.45) is 0 Å². The Balaban J connectivity index is 2.83. The molecule has 0 aliphatic heterocycles. The van der Waals surface area contributed by atoms with E-state index in [0.717, 1.165) is 16.5 Å². The van der Waals surface area contributed by atoms with E-state index in [1.54, 1.807) is 0 Å². The maximum Gasteiger partial charge on any atom is 0.324 e. The smallest absolute Gasteiger partial charge is 0.324 e. The zero-order chi connectivity index (χ0) is 17.3. The van der Waals surface area contributed by atoms with Crippen molar-refractivity contribution < 1.29 is 17.9 Å². The molecular formula is C16H24BrNO4S. The lowest BCUT2D eigenvalue weighted by molar-refractivity contribution is -0.145. The van der Waals surface area contributed by atoms with Gasteiger partial charge in [-0.15, -0.1) is 0 Å². The number of rotatable bonds is 10. The van der Waals surface area contributed by atoms with Crippen LogP contribution < -0.4 is 4.72 Å². The van der Waals surface area contributed by atoms with Gasteiger partial charge in [0, 0.05) is 4.47 Å². The molecule has 1 atom stereocenters. The van der Waals surface area contributed by atoms with Gasteiger partial charge in [0.15, 0.2) is 0 Å². The molecule has 0 bridgehead atoms. The van der Waals surface area contributed by atoms with E-state index in [4.69, 9.17) is 4.74 Å². The molecule has 7 heteroatoms. The molecule has 1 unspecified atom stereocenters. The minimum atomic E-state index is -3.50. The third kappa shape index (κ3) is 7.94. The molecule has 1 aromatic carbocycles. The summed E-state index contributed by atoms with van der Waals surface area (Å²) in [4.78, 5) is 12.2. The van der Waals surface area contributed by atoms with E-state index in [9.17, 15) is 13.2 Å². The number of carbonyl (C=O) groups is 1. The number of nitrogens with one attached hydrogen (secondary N) is 1. The van der Waals surface area contributed by atoms with Crippen molar-refractivity contribution in [2.45, 2.75) is 45.6 Å². The van der Waals surface area contributed by atoms with E-state index >= 15 is 0 Å². The molecule has 0 saturated carbocycles. The molecule has 5 nitrogen and oxygen atoms in total. The number of esters is 1. The molecule has 0 heterocycles. The first kappa shape index (κ1) is 20.1. The van der Waals surface area contributed by atoms with E-state index in [2.05, 4.69) is 20.7 Å². The summed E-state index contributed by atoms with van der Waals surface area (Å²) in [7, 11) is -3.50. The molecule has 0 fully saturated rings. The fourth-order valence-corrected chi connectivity index (χ4v) is 3.61. The largest absolute Gasteiger partial charge is 0.465 e. The molecule has 0 aliphatic carbocycles. The van der Waals surface area contributed by atoms with Crippen LogP contribution in [0.1, 0.15) is 38.7 Å². The molecule has 0 aliphatic rings. The monoisotopic (exact) mass is 405 g/mol. The van der Waals surface area contributed by atoms with Gasteiger partial charge in [-0.05, 0) is 37.0 Å². The summed E-state index contributed by atoms with van der Waals surface area (Å²) in [5.74, 6) is -0.517. The van der Waals surface area contributed by atoms with Gasteiger partial charge in [0.25, 0.3) is 0 Å². The summed E-state index contributed by atoms with van der Waals surface area (Å²) in [6.07, 6.45) is 2.30. The Hall–Kier alpha value is -0.920. The summed E-state index contributed by atoms with van der Waals surface area (Å²) >= 11 is 3.35. The quantitative estimate of drug-likeness (QED) is 0.607. The van der Waals surface area contributed by atoms with Crippen LogP contribution in [-0.4, -0.2) is 32.8 Å². The topological polar surface area (TPSA) is 72.5 Å². The zero-order valence-corrected chi connectivity index (χ0v) is 16.0. The number of hydrogen-bond donors (Lipinski definition) is 1. The first-order valence-electron chi connectivity index (χ1n) is 7.79. The molecule has 23 heavy (non-hydrogen) atoms. The molecule has 0 amide bonds. The van der Waals surface area contributed by atoms with Crippen molar-refractivity contribution in [1.29, 1.82) is 0 Å². The molecule has 0 aromatic heterocycles. The van der Waals surface area contributed by atoms with Crippen molar-refractivity contribution in [3.05, 3.63) is 34.3 Å². The van der Waals surface area contributed by atoms with Gasteiger partial charge in [-0.25, -0.2) is 13.1 Å². The molecular weight excluding hydrogens is 382 g/mol. The molecule has 0 spiro atoms. The zero-order valence-electron chi connectivity index (χ0n) is 13.5. The van der Waals surface area contributed by atoms with Gasteiger partial charge in [0.2, 0.25) is 10.0 Å². The van der Waals surface area contributed by atoms with Gasteiger partial charge in [0.1, 0.15) is 6.04 Å². The molecule has 1 aromatic rings. The van der Waals surface area contributed by atoms with E-state index in [1.807, 2.05) is 38.1 Å². The van der Waals surface area contributed by atoms with Crippen LogP contribution in [0.3, 0.4) is 0 Å². The van der Waals surface area contributed by atoms with Crippen molar-refractivity contribution in [1.82, 2.24) is 4.72 Å². The summed E-state index contributed by atoms with van der Waals surface area (Å²) < 4.78 is 32.7. The third-order valence-corrected chi connectivity index (χ3v) is 5.17. The second kappa shape index (κ2) is 10.1. The van der Waals surface area contributed by atoms with Gasteiger partial charge in [-0.3, -0.25) is 4.79 Å². The highest BCUT2D eigenvalue weighted by Crippen LogP contribution is 2.13. The Bertz CT molecular complexity index is 587. The summed E-state index contributed by atoms with van der Waals surface area (Å²) in [5.41, 5.74) is 0.866. The maximum atomic E-state index is 12.2. The fraction of sp³-hybridized carbons (Fsp3) is 0.562. The molecule has 1 N–H and O–H groups in total. The highest BCUT2D eigenvalue weighted by molar-refractivity contribution is 9.10. The second-order valence-electron chi connectivity index (χ2n) is 5.34. The predicted octanol–water partition coefficient (Wildman–Crippen LogP) is 3.03. The fourth-order valence-electron chi connectivity index (χ4n) is 1.94. The van der Waals surface area contributed by atoms with Gasteiger partial charge < -0.3 is 4.74 Å². The van der Waals surface area contributed by atoms with Crippen LogP contribution in [0, 0.1) is 0 Å². The maximum absolute atomic E-state index is 12.2. The Labute approximate surface area is 147 Å². The summed E-state index contributed by atoms with van der Waals surface area (Å²) in [6.45, 7) is 4.10. The van der Waals surface area contributed by atoms with Crippen LogP contribution in [0.15, 0.2) is 28.7 Å². The van der Waals surface area contributed by atoms with E-state index in [-0.39, 0.29) is 18.8 Å². The Morgan fingerprint density at radius 2 is 1.87 bits per heavy atom. The van der Waals surface area contributed by atoms with Crippen molar-refractivity contribution in [3.8, 4) is 0 Å². The van der Waals surface area contributed by atoms with E-state index in [0.29, 0.717) is 12.8 Å². The van der Waals surface area contributed by atoms with Crippen LogP contribution in [0.25, 0.3) is 0 Å². The minimum absolute atomic E-state index is 0.0153. The number of sulfonamides is 1. The average molecular weight is 406 g/mol. The number of benzene rings is 1. The first-order chi connectivity index (χ1) is 10.9. The van der Waals surface area contributed by atoms with Crippen molar-refractivity contribution in [3.63, 3.8) is 0 Å². The van der Waals surface area contributed by atoms with Gasteiger partial charge >= 0.3 is 5.97 Å². The Kier molecular flexibility index (Phi) is 8.79.